The minimum atomic E-state index is 0.287. The number of aromatic nitrogens is 4. The lowest BCUT2D eigenvalue weighted by molar-refractivity contribution is 0.514. The molecule has 0 radical (unpaired) electrons. The largest absolute Gasteiger partial charge is 0.367 e. The van der Waals surface area contributed by atoms with Crippen molar-refractivity contribution in [3.05, 3.63) is 35.3 Å². The van der Waals surface area contributed by atoms with Crippen LogP contribution in [0.5, 0.6) is 0 Å². The van der Waals surface area contributed by atoms with E-state index in [2.05, 4.69) is 53.3 Å². The molecule has 1 aliphatic heterocycles. The molecule has 0 saturated carbocycles. The fourth-order valence-corrected chi connectivity index (χ4v) is 2.37. The molecule has 1 N–H and O–H groups in total. The Morgan fingerprint density at radius 1 is 1.24 bits per heavy atom. The van der Waals surface area contributed by atoms with Gasteiger partial charge in [-0.2, -0.15) is 0 Å². The fraction of sp³-hybridized carbons (Fsp3) is 0.467. The van der Waals surface area contributed by atoms with Crippen molar-refractivity contribution in [2.24, 2.45) is 4.99 Å². The average molecular weight is 284 g/mol. The molecule has 21 heavy (non-hydrogen) atoms. The van der Waals surface area contributed by atoms with E-state index in [1.54, 1.807) is 0 Å². The summed E-state index contributed by atoms with van der Waals surface area (Å²) in [5.41, 5.74) is 3.93. The number of aliphatic imine (C=N–C) groups is 1. The lowest BCUT2D eigenvalue weighted by Crippen LogP contribution is -2.15. The summed E-state index contributed by atoms with van der Waals surface area (Å²) < 4.78 is 1.85. The molecule has 2 aromatic heterocycles. The van der Waals surface area contributed by atoms with Crippen molar-refractivity contribution < 1.29 is 0 Å². The van der Waals surface area contributed by atoms with Crippen LogP contribution in [0.25, 0.3) is 0 Å². The molecule has 6 heteroatoms. The molecule has 0 saturated heterocycles. The highest BCUT2D eigenvalue weighted by molar-refractivity contribution is 6.16. The zero-order chi connectivity index (χ0) is 15.0. The van der Waals surface area contributed by atoms with Crippen LogP contribution in [-0.2, 0) is 6.54 Å². The van der Waals surface area contributed by atoms with Crippen LogP contribution in [0.3, 0.4) is 0 Å². The number of nitrogens with one attached hydrogen (secondary N) is 1. The first-order valence-corrected chi connectivity index (χ1v) is 7.27. The highest BCUT2D eigenvalue weighted by Gasteiger charge is 2.24. The second kappa shape index (κ2) is 5.27. The highest BCUT2D eigenvalue weighted by atomic mass is 15.4. The molecule has 3 heterocycles. The van der Waals surface area contributed by atoms with Gasteiger partial charge in [-0.05, 0) is 39.3 Å². The van der Waals surface area contributed by atoms with Gasteiger partial charge in [0.15, 0.2) is 0 Å². The van der Waals surface area contributed by atoms with Crippen LogP contribution in [0.1, 0.15) is 50.6 Å². The van der Waals surface area contributed by atoms with Gasteiger partial charge in [0.2, 0.25) is 0 Å². The van der Waals surface area contributed by atoms with Crippen molar-refractivity contribution in [1.29, 1.82) is 0 Å². The maximum absolute atomic E-state index is 4.64. The Kier molecular flexibility index (Phi) is 3.45. The van der Waals surface area contributed by atoms with Crippen molar-refractivity contribution >= 4 is 11.5 Å². The highest BCUT2D eigenvalue weighted by Crippen LogP contribution is 2.27. The molecule has 0 atom stereocenters. The van der Waals surface area contributed by atoms with Gasteiger partial charge in [0.1, 0.15) is 11.5 Å². The summed E-state index contributed by atoms with van der Waals surface area (Å²) in [5, 5.41) is 11.8. The van der Waals surface area contributed by atoms with Crippen molar-refractivity contribution in [1.82, 2.24) is 20.0 Å². The third kappa shape index (κ3) is 2.53. The maximum atomic E-state index is 4.64. The molecule has 3 rings (SSSR count). The third-order valence-corrected chi connectivity index (χ3v) is 3.39. The minimum absolute atomic E-state index is 0.287. The second-order valence-electron chi connectivity index (χ2n) is 5.84. The zero-order valence-corrected chi connectivity index (χ0v) is 12.8. The van der Waals surface area contributed by atoms with E-state index in [-0.39, 0.29) is 6.04 Å². The summed E-state index contributed by atoms with van der Waals surface area (Å²) in [4.78, 5) is 9.10. The summed E-state index contributed by atoms with van der Waals surface area (Å²) in [7, 11) is 0. The Balaban J connectivity index is 2.01. The standard InChI is InChI=1S/C15H20N6/c1-9(2)18-15-13-11(5-6-16-15)7-17-14(13)12-8-21(10(3)4)20-19-12/h5-6,8-10H,7H2,1-4H3,(H,16,18). The van der Waals surface area contributed by atoms with Gasteiger partial charge in [0.05, 0.1) is 18.5 Å². The Morgan fingerprint density at radius 3 is 2.71 bits per heavy atom. The van der Waals surface area contributed by atoms with E-state index in [4.69, 9.17) is 0 Å². The van der Waals surface area contributed by atoms with Crippen molar-refractivity contribution in [2.75, 3.05) is 5.32 Å². The Hall–Kier alpha value is -2.24. The van der Waals surface area contributed by atoms with Crippen LogP contribution >= 0.6 is 0 Å². The molecule has 2 aromatic rings. The van der Waals surface area contributed by atoms with Gasteiger partial charge in [0, 0.05) is 23.8 Å². The van der Waals surface area contributed by atoms with Gasteiger partial charge in [0.25, 0.3) is 0 Å². The molecule has 0 aliphatic carbocycles. The topological polar surface area (TPSA) is 68.0 Å². The summed E-state index contributed by atoms with van der Waals surface area (Å²) in [5.74, 6) is 0.873. The molecule has 0 fully saturated rings. The summed E-state index contributed by atoms with van der Waals surface area (Å²) >= 11 is 0. The van der Waals surface area contributed by atoms with E-state index in [0.717, 1.165) is 22.8 Å². The first kappa shape index (κ1) is 13.7. The molecule has 0 amide bonds. The number of rotatable bonds is 4. The number of hydrogen-bond donors (Lipinski definition) is 1. The molecule has 110 valence electrons. The van der Waals surface area contributed by atoms with Crippen molar-refractivity contribution in [2.45, 2.75) is 46.3 Å². The van der Waals surface area contributed by atoms with Gasteiger partial charge in [-0.3, -0.25) is 4.99 Å². The van der Waals surface area contributed by atoms with E-state index < -0.39 is 0 Å². The van der Waals surface area contributed by atoms with E-state index >= 15 is 0 Å². The lowest BCUT2D eigenvalue weighted by atomic mass is 10.1. The summed E-state index contributed by atoms with van der Waals surface area (Å²) in [6, 6.07) is 2.62. The van der Waals surface area contributed by atoms with Gasteiger partial charge < -0.3 is 5.32 Å². The van der Waals surface area contributed by atoms with Crippen LogP contribution in [0.15, 0.2) is 23.5 Å². The summed E-state index contributed by atoms with van der Waals surface area (Å²) in [6.45, 7) is 9.03. The predicted octanol–water partition coefficient (Wildman–Crippen LogP) is 2.43. The number of hydrogen-bond acceptors (Lipinski definition) is 5. The van der Waals surface area contributed by atoms with E-state index in [9.17, 15) is 0 Å². The smallest absolute Gasteiger partial charge is 0.136 e. The van der Waals surface area contributed by atoms with Gasteiger partial charge >= 0.3 is 0 Å². The molecule has 0 unspecified atom stereocenters. The van der Waals surface area contributed by atoms with Gasteiger partial charge in [-0.1, -0.05) is 5.21 Å². The van der Waals surface area contributed by atoms with Crippen molar-refractivity contribution in [3.63, 3.8) is 0 Å². The van der Waals surface area contributed by atoms with Crippen molar-refractivity contribution in [3.8, 4) is 0 Å². The minimum Gasteiger partial charge on any atom is -0.367 e. The Morgan fingerprint density at radius 2 is 2.05 bits per heavy atom. The van der Waals surface area contributed by atoms with E-state index in [0.29, 0.717) is 12.6 Å². The molecule has 0 bridgehead atoms. The van der Waals surface area contributed by atoms with E-state index in [1.807, 2.05) is 23.1 Å². The first-order valence-electron chi connectivity index (χ1n) is 7.27. The third-order valence-electron chi connectivity index (χ3n) is 3.39. The lowest BCUT2D eigenvalue weighted by Gasteiger charge is -2.13. The van der Waals surface area contributed by atoms with Crippen LogP contribution < -0.4 is 5.32 Å². The van der Waals surface area contributed by atoms with Crippen LogP contribution in [0.4, 0.5) is 5.82 Å². The predicted molar refractivity (Wildman–Crippen MR) is 82.7 cm³/mol. The molecule has 6 nitrogen and oxygen atoms in total. The first-order chi connectivity index (χ1) is 10.1. The quantitative estimate of drug-likeness (QED) is 0.936. The monoisotopic (exact) mass is 284 g/mol. The van der Waals surface area contributed by atoms with Crippen LogP contribution in [0, 0.1) is 0 Å². The summed E-state index contributed by atoms with van der Waals surface area (Å²) in [6.07, 6.45) is 3.78. The Bertz CT molecular complexity index is 683. The number of pyridine rings is 1. The average Bonchev–Trinajstić information content (AvgIpc) is 3.04. The van der Waals surface area contributed by atoms with Crippen LogP contribution in [-0.4, -0.2) is 31.7 Å². The number of fused-ring (bicyclic) bond motifs is 1. The molecule has 0 aromatic carbocycles. The SMILES string of the molecule is CC(C)Nc1nccc2c1C(c1cn(C(C)C)nn1)=NC2. The Labute approximate surface area is 124 Å². The second-order valence-corrected chi connectivity index (χ2v) is 5.84. The fourth-order valence-electron chi connectivity index (χ4n) is 2.37. The van der Waals surface area contributed by atoms with Gasteiger partial charge in [-0.25, -0.2) is 9.67 Å². The van der Waals surface area contributed by atoms with Crippen LogP contribution in [0.2, 0.25) is 0 Å². The zero-order valence-electron chi connectivity index (χ0n) is 12.8. The normalized spacial score (nSPS) is 13.7. The molecule has 0 spiro atoms. The van der Waals surface area contributed by atoms with Gasteiger partial charge in [-0.15, -0.1) is 5.10 Å². The molecule has 1 aliphatic rings. The maximum Gasteiger partial charge on any atom is 0.136 e. The number of nitrogens with zero attached hydrogens (tertiary/aromatic N) is 5. The molecular weight excluding hydrogens is 264 g/mol. The van der Waals surface area contributed by atoms with E-state index in [1.165, 1.54) is 5.56 Å². The number of anilines is 1. The molecular formula is C15H20N6.